The fourth-order valence-electron chi connectivity index (χ4n) is 1.68. The van der Waals surface area contributed by atoms with Gasteiger partial charge in [-0.3, -0.25) is 10.1 Å². The maximum absolute atomic E-state index is 11.5. The Hall–Kier alpha value is -0.610. The summed E-state index contributed by atoms with van der Waals surface area (Å²) in [5.74, 6) is -0.231. The van der Waals surface area contributed by atoms with Crippen LogP contribution in [-0.4, -0.2) is 37.9 Å². The van der Waals surface area contributed by atoms with Crippen molar-refractivity contribution in [3.05, 3.63) is 0 Å². The molecular weight excluding hydrogens is 182 g/mol. The van der Waals surface area contributed by atoms with Crippen LogP contribution in [0.15, 0.2) is 0 Å². The molecule has 0 spiro atoms. The van der Waals surface area contributed by atoms with Gasteiger partial charge in [0.2, 0.25) is 0 Å². The van der Waals surface area contributed by atoms with Gasteiger partial charge in [0.25, 0.3) is 0 Å². The van der Waals surface area contributed by atoms with Crippen LogP contribution >= 0.6 is 0 Å². The quantitative estimate of drug-likeness (QED) is 0.680. The Morgan fingerprint density at radius 1 is 1.57 bits per heavy atom. The summed E-state index contributed by atoms with van der Waals surface area (Å²) in [5.41, 5.74) is 0. The number of ether oxygens (including phenoxy) is 2. The summed E-state index contributed by atoms with van der Waals surface area (Å²) in [6.07, 6.45) is 1.93. The van der Waals surface area contributed by atoms with Crippen LogP contribution in [-0.2, 0) is 14.3 Å². The SMILES string of the molecule is COC(=O)C(NC(C)C)C1CCCO1. The van der Waals surface area contributed by atoms with E-state index in [1.807, 2.05) is 13.8 Å². The number of nitrogens with one attached hydrogen (secondary N) is 1. The second-order valence-corrected chi connectivity index (χ2v) is 3.87. The molecule has 4 heteroatoms. The van der Waals surface area contributed by atoms with E-state index < -0.39 is 0 Å². The van der Waals surface area contributed by atoms with Gasteiger partial charge in [0, 0.05) is 12.6 Å². The Morgan fingerprint density at radius 3 is 2.71 bits per heavy atom. The van der Waals surface area contributed by atoms with Gasteiger partial charge in [-0.2, -0.15) is 0 Å². The van der Waals surface area contributed by atoms with Crippen LogP contribution in [0.1, 0.15) is 26.7 Å². The number of hydrogen-bond acceptors (Lipinski definition) is 4. The first-order valence-corrected chi connectivity index (χ1v) is 5.10. The molecule has 2 atom stereocenters. The zero-order valence-corrected chi connectivity index (χ0v) is 9.08. The van der Waals surface area contributed by atoms with Gasteiger partial charge in [0.1, 0.15) is 6.04 Å². The van der Waals surface area contributed by atoms with Crippen molar-refractivity contribution in [2.45, 2.75) is 44.9 Å². The van der Waals surface area contributed by atoms with Gasteiger partial charge in [0.05, 0.1) is 13.2 Å². The second kappa shape index (κ2) is 5.32. The molecule has 0 aromatic heterocycles. The van der Waals surface area contributed by atoms with Crippen LogP contribution in [0, 0.1) is 0 Å². The second-order valence-electron chi connectivity index (χ2n) is 3.87. The van der Waals surface area contributed by atoms with Crippen molar-refractivity contribution in [3.63, 3.8) is 0 Å². The summed E-state index contributed by atoms with van der Waals surface area (Å²) in [5, 5.41) is 3.17. The molecule has 0 bridgehead atoms. The fraction of sp³-hybridized carbons (Fsp3) is 0.900. The van der Waals surface area contributed by atoms with Gasteiger partial charge < -0.3 is 9.47 Å². The highest BCUT2D eigenvalue weighted by Gasteiger charge is 2.32. The molecule has 1 rings (SSSR count). The van der Waals surface area contributed by atoms with Crippen molar-refractivity contribution in [1.29, 1.82) is 0 Å². The molecule has 0 aromatic rings. The highest BCUT2D eigenvalue weighted by atomic mass is 16.5. The maximum Gasteiger partial charge on any atom is 0.325 e. The number of hydrogen-bond donors (Lipinski definition) is 1. The third kappa shape index (κ3) is 2.96. The van der Waals surface area contributed by atoms with Crippen molar-refractivity contribution in [2.75, 3.05) is 13.7 Å². The lowest BCUT2D eigenvalue weighted by atomic mass is 10.1. The molecule has 0 amide bonds. The predicted octanol–water partition coefficient (Wildman–Crippen LogP) is 0.705. The molecule has 1 N–H and O–H groups in total. The molecular formula is C10H19NO3. The summed E-state index contributed by atoms with van der Waals surface area (Å²) < 4.78 is 10.2. The van der Waals surface area contributed by atoms with E-state index in [9.17, 15) is 4.79 Å². The predicted molar refractivity (Wildman–Crippen MR) is 53.0 cm³/mol. The van der Waals surface area contributed by atoms with Gasteiger partial charge in [-0.05, 0) is 12.8 Å². The Balaban J connectivity index is 2.55. The molecule has 0 aromatic carbocycles. The molecule has 4 nitrogen and oxygen atoms in total. The number of methoxy groups -OCH3 is 1. The molecule has 2 unspecified atom stereocenters. The minimum atomic E-state index is -0.317. The number of carbonyl (C=O) groups is 1. The maximum atomic E-state index is 11.5. The summed E-state index contributed by atoms with van der Waals surface area (Å²) in [7, 11) is 1.41. The number of rotatable bonds is 4. The lowest BCUT2D eigenvalue weighted by molar-refractivity contribution is -0.146. The first-order chi connectivity index (χ1) is 6.65. The average Bonchev–Trinajstić information content (AvgIpc) is 2.65. The third-order valence-corrected chi connectivity index (χ3v) is 2.30. The summed E-state index contributed by atoms with van der Waals surface area (Å²) in [4.78, 5) is 11.5. The zero-order valence-electron chi connectivity index (χ0n) is 9.08. The van der Waals surface area contributed by atoms with E-state index in [4.69, 9.17) is 9.47 Å². The molecule has 0 radical (unpaired) electrons. The smallest absolute Gasteiger partial charge is 0.325 e. The third-order valence-electron chi connectivity index (χ3n) is 2.30. The molecule has 1 saturated heterocycles. The molecule has 0 saturated carbocycles. The van der Waals surface area contributed by atoms with Crippen LogP contribution in [0.5, 0.6) is 0 Å². The normalized spacial score (nSPS) is 23.9. The lowest BCUT2D eigenvalue weighted by Crippen LogP contribution is -2.49. The fourth-order valence-corrected chi connectivity index (χ4v) is 1.68. The van der Waals surface area contributed by atoms with Crippen molar-refractivity contribution < 1.29 is 14.3 Å². The minimum absolute atomic E-state index is 0.0233. The van der Waals surface area contributed by atoms with E-state index in [-0.39, 0.29) is 24.2 Å². The van der Waals surface area contributed by atoms with Crippen LogP contribution in [0.3, 0.4) is 0 Å². The van der Waals surface area contributed by atoms with Crippen LogP contribution in [0.4, 0.5) is 0 Å². The average molecular weight is 201 g/mol. The molecule has 1 aliphatic rings. The van der Waals surface area contributed by atoms with Crippen molar-refractivity contribution >= 4 is 5.97 Å². The molecule has 1 aliphatic heterocycles. The summed E-state index contributed by atoms with van der Waals surface area (Å²) in [6, 6.07) is -0.0641. The van der Waals surface area contributed by atoms with Gasteiger partial charge in [-0.15, -0.1) is 0 Å². The Morgan fingerprint density at radius 2 is 2.29 bits per heavy atom. The Bertz CT molecular complexity index is 188. The van der Waals surface area contributed by atoms with E-state index >= 15 is 0 Å². The highest BCUT2D eigenvalue weighted by Crippen LogP contribution is 2.16. The number of carbonyl (C=O) groups excluding carboxylic acids is 1. The van der Waals surface area contributed by atoms with Gasteiger partial charge >= 0.3 is 5.97 Å². The zero-order chi connectivity index (χ0) is 10.6. The summed E-state index contributed by atoms with van der Waals surface area (Å²) in [6.45, 7) is 4.76. The summed E-state index contributed by atoms with van der Waals surface area (Å²) >= 11 is 0. The Kier molecular flexibility index (Phi) is 4.35. The molecule has 82 valence electrons. The van der Waals surface area contributed by atoms with E-state index in [0.717, 1.165) is 19.4 Å². The van der Waals surface area contributed by atoms with Gasteiger partial charge in [0.15, 0.2) is 0 Å². The molecule has 0 aliphatic carbocycles. The molecule has 1 heterocycles. The standard InChI is InChI=1S/C10H19NO3/c1-7(2)11-9(10(12)13-3)8-5-4-6-14-8/h7-9,11H,4-6H2,1-3H3. The van der Waals surface area contributed by atoms with Gasteiger partial charge in [-0.1, -0.05) is 13.8 Å². The van der Waals surface area contributed by atoms with Crippen LogP contribution < -0.4 is 5.32 Å². The van der Waals surface area contributed by atoms with Crippen molar-refractivity contribution in [1.82, 2.24) is 5.32 Å². The lowest BCUT2D eigenvalue weighted by Gasteiger charge is -2.23. The Labute approximate surface area is 85.0 Å². The van der Waals surface area contributed by atoms with Crippen LogP contribution in [0.25, 0.3) is 0 Å². The molecule has 14 heavy (non-hydrogen) atoms. The van der Waals surface area contributed by atoms with Crippen molar-refractivity contribution in [3.8, 4) is 0 Å². The highest BCUT2D eigenvalue weighted by molar-refractivity contribution is 5.76. The first kappa shape index (κ1) is 11.5. The van der Waals surface area contributed by atoms with E-state index in [1.165, 1.54) is 7.11 Å². The van der Waals surface area contributed by atoms with Crippen LogP contribution in [0.2, 0.25) is 0 Å². The van der Waals surface area contributed by atoms with Crippen molar-refractivity contribution in [2.24, 2.45) is 0 Å². The number of esters is 1. The largest absolute Gasteiger partial charge is 0.468 e. The molecule has 1 fully saturated rings. The van der Waals surface area contributed by atoms with E-state index in [0.29, 0.717) is 0 Å². The first-order valence-electron chi connectivity index (χ1n) is 5.10. The van der Waals surface area contributed by atoms with E-state index in [1.54, 1.807) is 0 Å². The minimum Gasteiger partial charge on any atom is -0.468 e. The van der Waals surface area contributed by atoms with E-state index in [2.05, 4.69) is 5.32 Å². The topological polar surface area (TPSA) is 47.6 Å². The van der Waals surface area contributed by atoms with Gasteiger partial charge in [-0.25, -0.2) is 0 Å². The monoisotopic (exact) mass is 201 g/mol.